The van der Waals surface area contributed by atoms with Crippen LogP contribution in [0.5, 0.6) is 0 Å². The molecule has 0 saturated heterocycles. The van der Waals surface area contributed by atoms with E-state index in [4.69, 9.17) is 0 Å². The molecule has 1 aromatic rings. The van der Waals surface area contributed by atoms with Crippen molar-refractivity contribution < 1.29 is 4.79 Å². The van der Waals surface area contributed by atoms with Gasteiger partial charge < -0.3 is 5.32 Å². The number of carbonyl (C=O) groups excluding carboxylic acids is 1. The predicted molar refractivity (Wildman–Crippen MR) is 56.2 cm³/mol. The highest BCUT2D eigenvalue weighted by molar-refractivity contribution is 5.98. The first kappa shape index (κ1) is 10.5. The zero-order chi connectivity index (χ0) is 10.7. The molecule has 0 unspecified atom stereocenters. The number of nitrogens with one attached hydrogen (secondary N) is 1. The van der Waals surface area contributed by atoms with E-state index in [9.17, 15) is 4.79 Å². The Labute approximate surface area is 83.6 Å². The van der Waals surface area contributed by atoms with Crippen molar-refractivity contribution in [2.24, 2.45) is 0 Å². The summed E-state index contributed by atoms with van der Waals surface area (Å²) < 4.78 is 1.86. The van der Waals surface area contributed by atoms with Crippen LogP contribution < -0.4 is 5.32 Å². The van der Waals surface area contributed by atoms with Gasteiger partial charge in [-0.3, -0.25) is 9.48 Å². The molecule has 0 aliphatic heterocycles. The summed E-state index contributed by atoms with van der Waals surface area (Å²) in [5.74, 6) is 0.333. The molecular weight excluding hydrogens is 178 g/mol. The zero-order valence-corrected chi connectivity index (χ0v) is 8.74. The standard InChI is InChI=1S/C10H15N3O/c1-5-10(14)11-9-6-8(4)13(12-9)7(2)3/h5-7H,1H2,2-4H3,(H,11,12,14). The van der Waals surface area contributed by atoms with Gasteiger partial charge in [-0.1, -0.05) is 6.58 Å². The molecule has 0 saturated carbocycles. The van der Waals surface area contributed by atoms with E-state index in [2.05, 4.69) is 17.0 Å². The monoisotopic (exact) mass is 193 g/mol. The summed E-state index contributed by atoms with van der Waals surface area (Å²) in [4.78, 5) is 11.0. The first-order valence-electron chi connectivity index (χ1n) is 4.54. The lowest BCUT2D eigenvalue weighted by molar-refractivity contribution is -0.111. The number of hydrogen-bond acceptors (Lipinski definition) is 2. The Bertz CT molecular complexity index is 352. The first-order valence-corrected chi connectivity index (χ1v) is 4.54. The topological polar surface area (TPSA) is 46.9 Å². The van der Waals surface area contributed by atoms with Gasteiger partial charge >= 0.3 is 0 Å². The SMILES string of the molecule is C=CC(=O)Nc1cc(C)n(C(C)C)n1. The van der Waals surface area contributed by atoms with E-state index >= 15 is 0 Å². The number of rotatable bonds is 3. The van der Waals surface area contributed by atoms with Gasteiger partial charge in [-0.25, -0.2) is 0 Å². The normalized spacial score (nSPS) is 10.3. The molecule has 1 aromatic heterocycles. The van der Waals surface area contributed by atoms with Crippen LogP contribution in [0.3, 0.4) is 0 Å². The minimum atomic E-state index is -0.238. The largest absolute Gasteiger partial charge is 0.306 e. The van der Waals surface area contributed by atoms with Crippen LogP contribution >= 0.6 is 0 Å². The summed E-state index contributed by atoms with van der Waals surface area (Å²) in [5, 5.41) is 6.85. The van der Waals surface area contributed by atoms with Gasteiger partial charge in [0.15, 0.2) is 5.82 Å². The molecule has 4 heteroatoms. The molecule has 0 aromatic carbocycles. The molecule has 1 N–H and O–H groups in total. The summed E-state index contributed by atoms with van der Waals surface area (Å²) in [6.45, 7) is 9.41. The summed E-state index contributed by atoms with van der Waals surface area (Å²) in [6, 6.07) is 2.13. The lowest BCUT2D eigenvalue weighted by atomic mass is 10.4. The molecule has 0 aliphatic rings. The Balaban J connectivity index is 2.86. The van der Waals surface area contributed by atoms with Gasteiger partial charge in [-0.05, 0) is 26.8 Å². The Morgan fingerprint density at radius 2 is 2.36 bits per heavy atom. The molecule has 4 nitrogen and oxygen atoms in total. The highest BCUT2D eigenvalue weighted by Crippen LogP contribution is 2.13. The van der Waals surface area contributed by atoms with Crippen molar-refractivity contribution in [2.75, 3.05) is 5.32 Å². The fraction of sp³-hybridized carbons (Fsp3) is 0.400. The number of nitrogens with zero attached hydrogens (tertiary/aromatic N) is 2. The van der Waals surface area contributed by atoms with Crippen molar-refractivity contribution in [2.45, 2.75) is 26.8 Å². The minimum Gasteiger partial charge on any atom is -0.306 e. The number of anilines is 1. The number of aryl methyl sites for hydroxylation is 1. The van der Waals surface area contributed by atoms with Gasteiger partial charge in [0.25, 0.3) is 0 Å². The summed E-state index contributed by atoms with van der Waals surface area (Å²) in [6.07, 6.45) is 1.23. The molecule has 0 atom stereocenters. The van der Waals surface area contributed by atoms with E-state index < -0.39 is 0 Å². The molecule has 0 aliphatic carbocycles. The Morgan fingerprint density at radius 3 is 2.79 bits per heavy atom. The molecule has 0 bridgehead atoms. The van der Waals surface area contributed by atoms with Crippen LogP contribution in [0.2, 0.25) is 0 Å². The van der Waals surface area contributed by atoms with Gasteiger partial charge in [0, 0.05) is 17.8 Å². The third-order valence-electron chi connectivity index (χ3n) is 1.85. The lowest BCUT2D eigenvalue weighted by Crippen LogP contribution is -2.09. The predicted octanol–water partition coefficient (Wildman–Crippen LogP) is 1.90. The van der Waals surface area contributed by atoms with Gasteiger partial charge in [-0.15, -0.1) is 0 Å². The molecule has 0 radical (unpaired) electrons. The van der Waals surface area contributed by atoms with Crippen LogP contribution in [0.1, 0.15) is 25.6 Å². The van der Waals surface area contributed by atoms with E-state index in [0.717, 1.165) is 5.69 Å². The van der Waals surface area contributed by atoms with Crippen LogP contribution in [0.4, 0.5) is 5.82 Å². The van der Waals surface area contributed by atoms with Crippen molar-refractivity contribution in [1.82, 2.24) is 9.78 Å². The first-order chi connectivity index (χ1) is 6.54. The number of aromatic nitrogens is 2. The fourth-order valence-corrected chi connectivity index (χ4v) is 1.25. The Morgan fingerprint density at radius 1 is 1.71 bits per heavy atom. The Hall–Kier alpha value is -1.58. The van der Waals surface area contributed by atoms with Gasteiger partial charge in [0.05, 0.1) is 0 Å². The lowest BCUT2D eigenvalue weighted by Gasteiger charge is -2.06. The molecular formula is C10H15N3O. The molecule has 1 rings (SSSR count). The molecule has 0 spiro atoms. The Kier molecular flexibility index (Phi) is 3.06. The number of hydrogen-bond donors (Lipinski definition) is 1. The van der Waals surface area contributed by atoms with Crippen molar-refractivity contribution in [3.8, 4) is 0 Å². The smallest absolute Gasteiger partial charge is 0.248 e. The third kappa shape index (κ3) is 2.22. The van der Waals surface area contributed by atoms with Crippen molar-refractivity contribution >= 4 is 11.7 Å². The van der Waals surface area contributed by atoms with Crippen molar-refractivity contribution in [3.05, 3.63) is 24.4 Å². The van der Waals surface area contributed by atoms with E-state index in [0.29, 0.717) is 11.9 Å². The van der Waals surface area contributed by atoms with Crippen LogP contribution in [0.15, 0.2) is 18.7 Å². The average molecular weight is 193 g/mol. The van der Waals surface area contributed by atoms with Gasteiger partial charge in [-0.2, -0.15) is 5.10 Å². The maximum absolute atomic E-state index is 11.0. The van der Waals surface area contributed by atoms with Crippen LogP contribution in [0.25, 0.3) is 0 Å². The van der Waals surface area contributed by atoms with E-state index in [1.54, 1.807) is 0 Å². The van der Waals surface area contributed by atoms with Crippen LogP contribution in [-0.2, 0) is 4.79 Å². The van der Waals surface area contributed by atoms with E-state index in [-0.39, 0.29) is 5.91 Å². The quantitative estimate of drug-likeness (QED) is 0.745. The molecule has 1 heterocycles. The second-order valence-electron chi connectivity index (χ2n) is 3.40. The molecule has 76 valence electrons. The minimum absolute atomic E-state index is 0.238. The van der Waals surface area contributed by atoms with Gasteiger partial charge in [0.1, 0.15) is 0 Å². The molecule has 0 fully saturated rings. The van der Waals surface area contributed by atoms with E-state index in [1.807, 2.05) is 31.5 Å². The summed E-state index contributed by atoms with van der Waals surface area (Å²) >= 11 is 0. The zero-order valence-electron chi connectivity index (χ0n) is 8.74. The van der Waals surface area contributed by atoms with Crippen LogP contribution in [-0.4, -0.2) is 15.7 Å². The molecule has 14 heavy (non-hydrogen) atoms. The maximum atomic E-state index is 11.0. The maximum Gasteiger partial charge on any atom is 0.248 e. The second-order valence-corrected chi connectivity index (χ2v) is 3.40. The van der Waals surface area contributed by atoms with Crippen molar-refractivity contribution in [3.63, 3.8) is 0 Å². The van der Waals surface area contributed by atoms with Crippen molar-refractivity contribution in [1.29, 1.82) is 0 Å². The fourth-order valence-electron chi connectivity index (χ4n) is 1.25. The third-order valence-corrected chi connectivity index (χ3v) is 1.85. The molecule has 1 amide bonds. The number of amides is 1. The number of carbonyl (C=O) groups is 1. The summed E-state index contributed by atoms with van der Waals surface area (Å²) in [7, 11) is 0. The second kappa shape index (κ2) is 4.09. The van der Waals surface area contributed by atoms with Crippen LogP contribution in [0, 0.1) is 6.92 Å². The van der Waals surface area contributed by atoms with Gasteiger partial charge in [0.2, 0.25) is 5.91 Å². The summed E-state index contributed by atoms with van der Waals surface area (Å²) in [5.41, 5.74) is 1.03. The van der Waals surface area contributed by atoms with E-state index in [1.165, 1.54) is 6.08 Å². The highest BCUT2D eigenvalue weighted by atomic mass is 16.1. The highest BCUT2D eigenvalue weighted by Gasteiger charge is 2.07. The average Bonchev–Trinajstić information content (AvgIpc) is 2.46.